The normalized spacial score (nSPS) is 10.5. The highest BCUT2D eigenvalue weighted by Crippen LogP contribution is 2.21. The van der Waals surface area contributed by atoms with Gasteiger partial charge >= 0.3 is 0 Å². The van der Waals surface area contributed by atoms with E-state index in [9.17, 15) is 4.79 Å². The lowest BCUT2D eigenvalue weighted by molar-refractivity contribution is 0.101. The van der Waals surface area contributed by atoms with Gasteiger partial charge in [0.05, 0.1) is 21.9 Å². The van der Waals surface area contributed by atoms with E-state index in [1.165, 1.54) is 6.20 Å². The van der Waals surface area contributed by atoms with Crippen LogP contribution in [0, 0.1) is 0 Å². The molecule has 0 fully saturated rings. The summed E-state index contributed by atoms with van der Waals surface area (Å²) in [6, 6.07) is 3.26. The Hall–Kier alpha value is -1.52. The first kappa shape index (κ1) is 13.9. The molecule has 0 aliphatic heterocycles. The van der Waals surface area contributed by atoms with E-state index in [1.807, 2.05) is 11.5 Å². The molecule has 0 saturated heterocycles. The van der Waals surface area contributed by atoms with Crippen molar-refractivity contribution in [1.29, 1.82) is 0 Å². The van der Waals surface area contributed by atoms with Crippen molar-refractivity contribution in [3.8, 4) is 0 Å². The number of nitrogens with one attached hydrogen (secondary N) is 1. The summed E-state index contributed by atoms with van der Waals surface area (Å²) in [7, 11) is 0. The number of carbonyl (C=O) groups is 1. The lowest BCUT2D eigenvalue weighted by Crippen LogP contribution is -2.17. The van der Waals surface area contributed by atoms with E-state index in [0.29, 0.717) is 21.4 Å². The molecular weight excluding hydrogens is 285 g/mol. The maximum Gasteiger partial charge on any atom is 0.272 e. The summed E-state index contributed by atoms with van der Waals surface area (Å²) in [6.45, 7) is 2.77. The van der Waals surface area contributed by atoms with Crippen LogP contribution >= 0.6 is 23.2 Å². The Morgan fingerprint density at radius 1 is 1.47 bits per heavy atom. The molecule has 0 unspecified atom stereocenters. The number of hydrogen-bond donors (Lipinski definition) is 1. The van der Waals surface area contributed by atoms with E-state index >= 15 is 0 Å². The molecule has 0 radical (unpaired) electrons. The SMILES string of the molecule is CCCn1cc(Cl)cc1C(=O)Nc1cnccc1Cl. The maximum absolute atomic E-state index is 12.2. The number of pyridine rings is 1. The molecule has 0 spiro atoms. The second-order valence-electron chi connectivity index (χ2n) is 4.05. The number of aryl methyl sites for hydroxylation is 1. The fourth-order valence-electron chi connectivity index (χ4n) is 1.75. The van der Waals surface area contributed by atoms with E-state index in [1.54, 1.807) is 24.5 Å². The molecule has 19 heavy (non-hydrogen) atoms. The summed E-state index contributed by atoms with van der Waals surface area (Å²) in [5.74, 6) is -0.254. The number of hydrogen-bond acceptors (Lipinski definition) is 2. The molecule has 0 atom stereocenters. The van der Waals surface area contributed by atoms with Crippen LogP contribution in [-0.4, -0.2) is 15.5 Å². The van der Waals surface area contributed by atoms with Crippen molar-refractivity contribution in [1.82, 2.24) is 9.55 Å². The van der Waals surface area contributed by atoms with Crippen molar-refractivity contribution in [2.45, 2.75) is 19.9 Å². The van der Waals surface area contributed by atoms with E-state index < -0.39 is 0 Å². The molecule has 2 rings (SSSR count). The van der Waals surface area contributed by atoms with Gasteiger partial charge in [-0.3, -0.25) is 9.78 Å². The van der Waals surface area contributed by atoms with Crippen molar-refractivity contribution in [2.75, 3.05) is 5.32 Å². The Balaban J connectivity index is 2.23. The molecule has 1 amide bonds. The number of halogens is 2. The van der Waals surface area contributed by atoms with Gasteiger partial charge in [-0.2, -0.15) is 0 Å². The summed E-state index contributed by atoms with van der Waals surface area (Å²) < 4.78 is 1.82. The van der Waals surface area contributed by atoms with Gasteiger partial charge < -0.3 is 9.88 Å². The van der Waals surface area contributed by atoms with Crippen LogP contribution in [0.25, 0.3) is 0 Å². The van der Waals surface area contributed by atoms with Gasteiger partial charge in [-0.25, -0.2) is 0 Å². The molecule has 0 bridgehead atoms. The molecule has 0 saturated carbocycles. The lowest BCUT2D eigenvalue weighted by Gasteiger charge is -2.09. The molecular formula is C13H13Cl2N3O. The summed E-state index contributed by atoms with van der Waals surface area (Å²) in [5, 5.41) is 3.71. The van der Waals surface area contributed by atoms with Crippen LogP contribution in [0.1, 0.15) is 23.8 Å². The van der Waals surface area contributed by atoms with E-state index in [4.69, 9.17) is 23.2 Å². The highest BCUT2D eigenvalue weighted by molar-refractivity contribution is 6.34. The highest BCUT2D eigenvalue weighted by Gasteiger charge is 2.14. The van der Waals surface area contributed by atoms with Gasteiger partial charge in [0.1, 0.15) is 5.69 Å². The molecule has 100 valence electrons. The third kappa shape index (κ3) is 3.28. The van der Waals surface area contributed by atoms with Gasteiger partial charge in [-0.1, -0.05) is 30.1 Å². The van der Waals surface area contributed by atoms with Crippen molar-refractivity contribution < 1.29 is 4.79 Å². The van der Waals surface area contributed by atoms with E-state index in [2.05, 4.69) is 10.3 Å². The minimum atomic E-state index is -0.254. The summed E-state index contributed by atoms with van der Waals surface area (Å²) >= 11 is 11.9. The van der Waals surface area contributed by atoms with Gasteiger partial charge in [0.15, 0.2) is 0 Å². The van der Waals surface area contributed by atoms with Crippen molar-refractivity contribution in [2.24, 2.45) is 0 Å². The average Bonchev–Trinajstić information content (AvgIpc) is 2.74. The molecule has 2 heterocycles. The number of anilines is 1. The number of amides is 1. The molecule has 2 aromatic heterocycles. The second-order valence-corrected chi connectivity index (χ2v) is 4.89. The topological polar surface area (TPSA) is 46.9 Å². The maximum atomic E-state index is 12.2. The number of carbonyl (C=O) groups excluding carboxylic acids is 1. The van der Waals surface area contributed by atoms with E-state index in [0.717, 1.165) is 13.0 Å². The standard InChI is InChI=1S/C13H13Cl2N3O/c1-2-5-18-8-9(14)6-12(18)13(19)17-11-7-16-4-3-10(11)15/h3-4,6-8H,2,5H2,1H3,(H,17,19). The van der Waals surface area contributed by atoms with Crippen molar-refractivity contribution in [3.63, 3.8) is 0 Å². The molecule has 1 N–H and O–H groups in total. The zero-order chi connectivity index (χ0) is 13.8. The smallest absolute Gasteiger partial charge is 0.272 e. The zero-order valence-corrected chi connectivity index (χ0v) is 11.9. The Morgan fingerprint density at radius 2 is 2.26 bits per heavy atom. The molecule has 0 aromatic carbocycles. The number of rotatable bonds is 4. The minimum Gasteiger partial charge on any atom is -0.342 e. The third-order valence-electron chi connectivity index (χ3n) is 2.58. The largest absolute Gasteiger partial charge is 0.342 e. The predicted octanol–water partition coefficient (Wildman–Crippen LogP) is 3.85. The van der Waals surface area contributed by atoms with Crippen LogP contribution in [0.5, 0.6) is 0 Å². The van der Waals surface area contributed by atoms with Gasteiger partial charge in [-0.15, -0.1) is 0 Å². The lowest BCUT2D eigenvalue weighted by atomic mass is 10.3. The fraction of sp³-hybridized carbons (Fsp3) is 0.231. The Bertz CT molecular complexity index is 595. The Morgan fingerprint density at radius 3 is 2.95 bits per heavy atom. The summed E-state index contributed by atoms with van der Waals surface area (Å²) in [6.07, 6.45) is 5.73. The van der Waals surface area contributed by atoms with Gasteiger partial charge in [-0.05, 0) is 18.6 Å². The first-order chi connectivity index (χ1) is 9.11. The van der Waals surface area contributed by atoms with Crippen LogP contribution < -0.4 is 5.32 Å². The van der Waals surface area contributed by atoms with Gasteiger partial charge in [0, 0.05) is 18.9 Å². The first-order valence-electron chi connectivity index (χ1n) is 5.88. The quantitative estimate of drug-likeness (QED) is 0.932. The third-order valence-corrected chi connectivity index (χ3v) is 3.11. The number of nitrogens with zero attached hydrogens (tertiary/aromatic N) is 2. The zero-order valence-electron chi connectivity index (χ0n) is 10.4. The van der Waals surface area contributed by atoms with E-state index in [-0.39, 0.29) is 5.91 Å². The van der Waals surface area contributed by atoms with Crippen LogP contribution in [0.3, 0.4) is 0 Å². The molecule has 2 aromatic rings. The van der Waals surface area contributed by atoms with Crippen LogP contribution in [0.2, 0.25) is 10.0 Å². The second kappa shape index (κ2) is 6.08. The average molecular weight is 298 g/mol. The number of aromatic nitrogens is 2. The summed E-state index contributed by atoms with van der Waals surface area (Å²) in [4.78, 5) is 16.1. The van der Waals surface area contributed by atoms with Crippen LogP contribution in [0.15, 0.2) is 30.7 Å². The Kier molecular flexibility index (Phi) is 4.45. The van der Waals surface area contributed by atoms with Crippen LogP contribution in [0.4, 0.5) is 5.69 Å². The van der Waals surface area contributed by atoms with Crippen molar-refractivity contribution >= 4 is 34.8 Å². The fourth-order valence-corrected chi connectivity index (χ4v) is 2.12. The van der Waals surface area contributed by atoms with Gasteiger partial charge in [0.2, 0.25) is 0 Å². The monoisotopic (exact) mass is 297 g/mol. The minimum absolute atomic E-state index is 0.254. The molecule has 0 aliphatic rings. The van der Waals surface area contributed by atoms with Crippen molar-refractivity contribution in [3.05, 3.63) is 46.5 Å². The molecule has 4 nitrogen and oxygen atoms in total. The first-order valence-corrected chi connectivity index (χ1v) is 6.64. The predicted molar refractivity (Wildman–Crippen MR) is 76.9 cm³/mol. The van der Waals surface area contributed by atoms with Crippen LogP contribution in [-0.2, 0) is 6.54 Å². The molecule has 6 heteroatoms. The summed E-state index contributed by atoms with van der Waals surface area (Å²) in [5.41, 5.74) is 0.987. The molecule has 0 aliphatic carbocycles. The highest BCUT2D eigenvalue weighted by atomic mass is 35.5. The van der Waals surface area contributed by atoms with Gasteiger partial charge in [0.25, 0.3) is 5.91 Å². The Labute approximate surface area is 121 Å².